The van der Waals surface area contributed by atoms with Crippen molar-refractivity contribution in [1.29, 1.82) is 0 Å². The lowest BCUT2D eigenvalue weighted by Crippen LogP contribution is -2.64. The van der Waals surface area contributed by atoms with E-state index < -0.39 is 0 Å². The standard InChI is InChI=1S/C17H34N2O/c1-5-17(6-2)13-19(12-16-8-7-9-20-16)15(11-18-17)10-14(3)4/h14-16,18H,5-13H2,1-4H3. The van der Waals surface area contributed by atoms with Crippen molar-refractivity contribution in [2.45, 2.75) is 77.5 Å². The monoisotopic (exact) mass is 282 g/mol. The molecule has 20 heavy (non-hydrogen) atoms. The third kappa shape index (κ3) is 3.96. The average molecular weight is 282 g/mol. The minimum Gasteiger partial charge on any atom is -0.377 e. The van der Waals surface area contributed by atoms with Crippen molar-refractivity contribution in [2.75, 3.05) is 26.2 Å². The number of piperazine rings is 1. The largest absolute Gasteiger partial charge is 0.377 e. The molecule has 0 spiro atoms. The van der Waals surface area contributed by atoms with Gasteiger partial charge >= 0.3 is 0 Å². The van der Waals surface area contributed by atoms with Gasteiger partial charge in [-0.1, -0.05) is 27.7 Å². The Morgan fingerprint density at radius 3 is 2.60 bits per heavy atom. The molecule has 0 saturated carbocycles. The first-order valence-corrected chi connectivity index (χ1v) is 8.69. The number of hydrogen-bond acceptors (Lipinski definition) is 3. The molecule has 2 aliphatic rings. The van der Waals surface area contributed by atoms with Gasteiger partial charge < -0.3 is 10.1 Å². The van der Waals surface area contributed by atoms with E-state index in [2.05, 4.69) is 37.9 Å². The zero-order valence-corrected chi connectivity index (χ0v) is 14.0. The minimum atomic E-state index is 0.325. The van der Waals surface area contributed by atoms with Crippen LogP contribution in [0.1, 0.15) is 59.8 Å². The summed E-state index contributed by atoms with van der Waals surface area (Å²) in [6.45, 7) is 13.8. The second-order valence-electron chi connectivity index (χ2n) is 7.22. The van der Waals surface area contributed by atoms with Crippen LogP contribution in [0.2, 0.25) is 0 Å². The third-order valence-corrected chi connectivity index (χ3v) is 5.29. The maximum absolute atomic E-state index is 5.88. The molecule has 2 fully saturated rings. The Labute approximate surface area is 125 Å². The van der Waals surface area contributed by atoms with Crippen LogP contribution in [0.4, 0.5) is 0 Å². The van der Waals surface area contributed by atoms with Crippen molar-refractivity contribution in [2.24, 2.45) is 5.92 Å². The van der Waals surface area contributed by atoms with Gasteiger partial charge in [0.25, 0.3) is 0 Å². The minimum absolute atomic E-state index is 0.325. The van der Waals surface area contributed by atoms with Crippen LogP contribution in [-0.2, 0) is 4.74 Å². The predicted molar refractivity (Wildman–Crippen MR) is 85.1 cm³/mol. The zero-order chi connectivity index (χ0) is 14.6. The summed E-state index contributed by atoms with van der Waals surface area (Å²) in [5, 5.41) is 3.86. The summed E-state index contributed by atoms with van der Waals surface area (Å²) in [6, 6.07) is 0.686. The van der Waals surface area contributed by atoms with Crippen molar-refractivity contribution >= 4 is 0 Å². The lowest BCUT2D eigenvalue weighted by molar-refractivity contribution is 0.0114. The highest BCUT2D eigenvalue weighted by atomic mass is 16.5. The SMILES string of the molecule is CCC1(CC)CN(CC2CCCO2)C(CC(C)C)CN1. The zero-order valence-electron chi connectivity index (χ0n) is 14.0. The first-order chi connectivity index (χ1) is 9.58. The van der Waals surface area contributed by atoms with Crippen LogP contribution in [0.25, 0.3) is 0 Å². The molecule has 2 aliphatic heterocycles. The highest BCUT2D eigenvalue weighted by Gasteiger charge is 2.37. The second kappa shape index (κ2) is 7.24. The number of rotatable bonds is 6. The van der Waals surface area contributed by atoms with E-state index in [0.29, 0.717) is 17.7 Å². The fourth-order valence-corrected chi connectivity index (χ4v) is 3.80. The van der Waals surface area contributed by atoms with E-state index in [1.54, 1.807) is 0 Å². The lowest BCUT2D eigenvalue weighted by atomic mass is 9.86. The molecule has 0 aromatic heterocycles. The van der Waals surface area contributed by atoms with E-state index in [4.69, 9.17) is 4.74 Å². The molecule has 2 unspecified atom stereocenters. The first-order valence-electron chi connectivity index (χ1n) is 8.69. The summed E-state index contributed by atoms with van der Waals surface area (Å²) < 4.78 is 5.88. The van der Waals surface area contributed by atoms with Gasteiger partial charge in [-0.05, 0) is 38.0 Å². The fraction of sp³-hybridized carbons (Fsp3) is 1.00. The van der Waals surface area contributed by atoms with Crippen molar-refractivity contribution in [3.63, 3.8) is 0 Å². The predicted octanol–water partition coefficient (Wildman–Crippen LogP) is 3.04. The van der Waals surface area contributed by atoms with Crippen LogP contribution in [-0.4, -0.2) is 48.8 Å². The first kappa shape index (κ1) is 16.3. The molecular formula is C17H34N2O. The highest BCUT2D eigenvalue weighted by Crippen LogP contribution is 2.27. The Kier molecular flexibility index (Phi) is 5.88. The van der Waals surface area contributed by atoms with Crippen molar-refractivity contribution in [3.05, 3.63) is 0 Å². The summed E-state index contributed by atoms with van der Waals surface area (Å²) >= 11 is 0. The summed E-state index contributed by atoms with van der Waals surface area (Å²) in [7, 11) is 0. The fourth-order valence-electron chi connectivity index (χ4n) is 3.80. The molecule has 0 aromatic rings. The smallest absolute Gasteiger partial charge is 0.0702 e. The number of ether oxygens (including phenoxy) is 1. The van der Waals surface area contributed by atoms with Crippen LogP contribution in [0, 0.1) is 5.92 Å². The quantitative estimate of drug-likeness (QED) is 0.810. The highest BCUT2D eigenvalue weighted by molar-refractivity contribution is 4.97. The molecule has 2 heterocycles. The van der Waals surface area contributed by atoms with E-state index in [-0.39, 0.29) is 0 Å². The van der Waals surface area contributed by atoms with Crippen LogP contribution in [0.5, 0.6) is 0 Å². The molecule has 1 N–H and O–H groups in total. The average Bonchev–Trinajstić information content (AvgIpc) is 2.93. The topological polar surface area (TPSA) is 24.5 Å². The molecule has 0 amide bonds. The number of nitrogens with zero attached hydrogens (tertiary/aromatic N) is 1. The summed E-state index contributed by atoms with van der Waals surface area (Å²) in [5.41, 5.74) is 0.325. The van der Waals surface area contributed by atoms with Gasteiger partial charge in [-0.15, -0.1) is 0 Å². The number of hydrogen-bond donors (Lipinski definition) is 1. The van der Waals surface area contributed by atoms with E-state index >= 15 is 0 Å². The molecule has 0 radical (unpaired) electrons. The van der Waals surface area contributed by atoms with Crippen LogP contribution < -0.4 is 5.32 Å². The normalized spacial score (nSPS) is 31.1. The van der Waals surface area contributed by atoms with Gasteiger partial charge in [0.15, 0.2) is 0 Å². The Hall–Kier alpha value is -0.120. The van der Waals surface area contributed by atoms with Gasteiger partial charge in [-0.3, -0.25) is 4.90 Å². The molecule has 2 rings (SSSR count). The molecule has 3 heteroatoms. The van der Waals surface area contributed by atoms with Gasteiger partial charge in [0, 0.05) is 37.8 Å². The molecule has 2 saturated heterocycles. The summed E-state index contributed by atoms with van der Waals surface area (Å²) in [5.74, 6) is 0.768. The maximum Gasteiger partial charge on any atom is 0.0702 e. The Bertz CT molecular complexity index is 283. The Morgan fingerprint density at radius 1 is 1.30 bits per heavy atom. The lowest BCUT2D eigenvalue weighted by Gasteiger charge is -2.48. The molecular weight excluding hydrogens is 248 g/mol. The number of nitrogens with one attached hydrogen (secondary N) is 1. The summed E-state index contributed by atoms with van der Waals surface area (Å²) in [6.07, 6.45) is 6.72. The van der Waals surface area contributed by atoms with Gasteiger partial charge in [-0.25, -0.2) is 0 Å². The maximum atomic E-state index is 5.88. The molecule has 3 nitrogen and oxygen atoms in total. The molecule has 0 aliphatic carbocycles. The van der Waals surface area contributed by atoms with Crippen LogP contribution in [0.15, 0.2) is 0 Å². The summed E-state index contributed by atoms with van der Waals surface area (Å²) in [4.78, 5) is 2.74. The van der Waals surface area contributed by atoms with Gasteiger partial charge in [0.1, 0.15) is 0 Å². The Balaban J connectivity index is 2.01. The van der Waals surface area contributed by atoms with Crippen molar-refractivity contribution in [1.82, 2.24) is 10.2 Å². The Morgan fingerprint density at radius 2 is 2.05 bits per heavy atom. The van der Waals surface area contributed by atoms with E-state index in [9.17, 15) is 0 Å². The molecule has 118 valence electrons. The van der Waals surface area contributed by atoms with Crippen LogP contribution >= 0.6 is 0 Å². The van der Waals surface area contributed by atoms with E-state index in [1.165, 1.54) is 38.6 Å². The van der Waals surface area contributed by atoms with Gasteiger partial charge in [0.05, 0.1) is 6.10 Å². The second-order valence-corrected chi connectivity index (χ2v) is 7.22. The van der Waals surface area contributed by atoms with Crippen LogP contribution in [0.3, 0.4) is 0 Å². The molecule has 2 atom stereocenters. The van der Waals surface area contributed by atoms with Gasteiger partial charge in [-0.2, -0.15) is 0 Å². The van der Waals surface area contributed by atoms with Gasteiger partial charge in [0.2, 0.25) is 0 Å². The third-order valence-electron chi connectivity index (χ3n) is 5.29. The van der Waals surface area contributed by atoms with Crippen molar-refractivity contribution in [3.8, 4) is 0 Å². The van der Waals surface area contributed by atoms with Crippen molar-refractivity contribution < 1.29 is 4.74 Å². The molecule has 0 bridgehead atoms. The molecule has 0 aromatic carbocycles. The van der Waals surface area contributed by atoms with E-state index in [0.717, 1.165) is 25.6 Å². The van der Waals surface area contributed by atoms with E-state index in [1.807, 2.05) is 0 Å².